The fourth-order valence-electron chi connectivity index (χ4n) is 1.91. The van der Waals surface area contributed by atoms with Gasteiger partial charge < -0.3 is 10.1 Å². The van der Waals surface area contributed by atoms with E-state index in [1.54, 1.807) is 0 Å². The zero-order chi connectivity index (χ0) is 14.9. The number of nitrogens with one attached hydrogen (secondary N) is 1. The van der Waals surface area contributed by atoms with E-state index in [1.807, 2.05) is 0 Å². The van der Waals surface area contributed by atoms with Crippen LogP contribution in [-0.2, 0) is 15.7 Å². The van der Waals surface area contributed by atoms with E-state index in [4.69, 9.17) is 0 Å². The Hall–Kier alpha value is -1.79. The van der Waals surface area contributed by atoms with Gasteiger partial charge in [0.15, 0.2) is 0 Å². The number of esters is 1. The minimum absolute atomic E-state index is 0.0311. The maximum Gasteiger partial charge on any atom is 0.416 e. The Bertz CT molecular complexity index is 512. The highest BCUT2D eigenvalue weighted by Crippen LogP contribution is 2.36. The van der Waals surface area contributed by atoms with Gasteiger partial charge in [0, 0.05) is 0 Å². The summed E-state index contributed by atoms with van der Waals surface area (Å²) in [5.74, 6) is -1.48. The molecule has 0 heterocycles. The van der Waals surface area contributed by atoms with Gasteiger partial charge in [-0.2, -0.15) is 13.2 Å². The minimum atomic E-state index is -4.57. The van der Waals surface area contributed by atoms with Gasteiger partial charge in [-0.3, -0.25) is 0 Å². The van der Waals surface area contributed by atoms with Gasteiger partial charge in [0.2, 0.25) is 0 Å². The van der Waals surface area contributed by atoms with Gasteiger partial charge >= 0.3 is 12.1 Å². The SMILES string of the molecule is COC(=O)C(Nc1cc(C(F)(F)F)ccc1F)C1CC1. The van der Waals surface area contributed by atoms with E-state index >= 15 is 0 Å². The van der Waals surface area contributed by atoms with Crippen LogP contribution in [0.3, 0.4) is 0 Å². The molecule has 0 saturated heterocycles. The molecular weight excluding hydrogens is 278 g/mol. The highest BCUT2D eigenvalue weighted by atomic mass is 19.4. The molecule has 3 nitrogen and oxygen atoms in total. The van der Waals surface area contributed by atoms with Crippen molar-refractivity contribution in [3.63, 3.8) is 0 Å². The summed E-state index contributed by atoms with van der Waals surface area (Å²) in [6.07, 6.45) is -3.05. The van der Waals surface area contributed by atoms with Crippen LogP contribution in [0.5, 0.6) is 0 Å². The summed E-state index contributed by atoms with van der Waals surface area (Å²) in [7, 11) is 1.18. The maximum atomic E-state index is 13.6. The number of carbonyl (C=O) groups excluding carboxylic acids is 1. The zero-order valence-electron chi connectivity index (χ0n) is 10.6. The first kappa shape index (κ1) is 14.6. The van der Waals surface area contributed by atoms with Crippen LogP contribution in [0, 0.1) is 11.7 Å². The molecule has 110 valence electrons. The molecule has 0 aromatic heterocycles. The highest BCUT2D eigenvalue weighted by Gasteiger charge is 2.38. The van der Waals surface area contributed by atoms with Crippen molar-refractivity contribution in [2.24, 2.45) is 5.92 Å². The number of carbonyl (C=O) groups is 1. The summed E-state index contributed by atoms with van der Waals surface area (Å²) < 4.78 is 55.9. The van der Waals surface area contributed by atoms with E-state index in [2.05, 4.69) is 10.1 Å². The van der Waals surface area contributed by atoms with Gasteiger partial charge in [-0.15, -0.1) is 0 Å². The summed E-state index contributed by atoms with van der Waals surface area (Å²) >= 11 is 0. The Morgan fingerprint density at radius 3 is 2.55 bits per heavy atom. The molecule has 0 bridgehead atoms. The van der Waals surface area contributed by atoms with Crippen molar-refractivity contribution in [1.82, 2.24) is 0 Å². The molecule has 1 aromatic rings. The molecule has 1 N–H and O–H groups in total. The number of anilines is 1. The number of halogens is 4. The third kappa shape index (κ3) is 3.20. The molecule has 0 aliphatic heterocycles. The third-order valence-corrected chi connectivity index (χ3v) is 3.15. The minimum Gasteiger partial charge on any atom is -0.467 e. The zero-order valence-corrected chi connectivity index (χ0v) is 10.6. The average molecular weight is 291 g/mol. The molecule has 0 radical (unpaired) electrons. The van der Waals surface area contributed by atoms with Crippen LogP contribution in [0.25, 0.3) is 0 Å². The Kier molecular flexibility index (Phi) is 3.87. The number of methoxy groups -OCH3 is 1. The molecule has 7 heteroatoms. The first-order valence-electron chi connectivity index (χ1n) is 6.04. The first-order valence-corrected chi connectivity index (χ1v) is 6.04. The third-order valence-electron chi connectivity index (χ3n) is 3.15. The highest BCUT2D eigenvalue weighted by molar-refractivity contribution is 5.80. The van der Waals surface area contributed by atoms with Crippen LogP contribution in [0.2, 0.25) is 0 Å². The quantitative estimate of drug-likeness (QED) is 0.684. The molecule has 1 aromatic carbocycles. The number of hydrogen-bond donors (Lipinski definition) is 1. The van der Waals surface area contributed by atoms with E-state index in [0.29, 0.717) is 12.1 Å². The molecule has 0 spiro atoms. The topological polar surface area (TPSA) is 38.3 Å². The fraction of sp³-hybridized carbons (Fsp3) is 0.462. The molecule has 1 aliphatic rings. The van der Waals surface area contributed by atoms with Crippen molar-refractivity contribution in [1.29, 1.82) is 0 Å². The Morgan fingerprint density at radius 1 is 1.40 bits per heavy atom. The van der Waals surface area contributed by atoms with Crippen LogP contribution < -0.4 is 5.32 Å². The Morgan fingerprint density at radius 2 is 2.05 bits per heavy atom. The smallest absolute Gasteiger partial charge is 0.416 e. The van der Waals surface area contributed by atoms with Crippen molar-refractivity contribution in [2.75, 3.05) is 12.4 Å². The van der Waals surface area contributed by atoms with Gasteiger partial charge in [0.1, 0.15) is 11.9 Å². The lowest BCUT2D eigenvalue weighted by Gasteiger charge is -2.18. The van der Waals surface area contributed by atoms with Gasteiger partial charge in [0.05, 0.1) is 18.4 Å². The van der Waals surface area contributed by atoms with E-state index < -0.39 is 29.6 Å². The van der Waals surface area contributed by atoms with Gasteiger partial charge in [-0.05, 0) is 37.0 Å². The predicted molar refractivity (Wildman–Crippen MR) is 63.6 cm³/mol. The fourth-order valence-corrected chi connectivity index (χ4v) is 1.91. The van der Waals surface area contributed by atoms with Crippen LogP contribution in [-0.4, -0.2) is 19.1 Å². The molecule has 1 aliphatic carbocycles. The van der Waals surface area contributed by atoms with Crippen molar-refractivity contribution in [2.45, 2.75) is 25.1 Å². The first-order chi connectivity index (χ1) is 9.32. The second kappa shape index (κ2) is 5.30. The molecular formula is C13H13F4NO2. The number of rotatable bonds is 4. The Balaban J connectivity index is 2.25. The largest absolute Gasteiger partial charge is 0.467 e. The summed E-state index contributed by atoms with van der Waals surface area (Å²) in [5, 5.41) is 2.52. The van der Waals surface area contributed by atoms with Crippen LogP contribution in [0.15, 0.2) is 18.2 Å². The summed E-state index contributed by atoms with van der Waals surface area (Å²) in [4.78, 5) is 11.6. The van der Waals surface area contributed by atoms with E-state index in [1.165, 1.54) is 7.11 Å². The maximum absolute atomic E-state index is 13.6. The summed E-state index contributed by atoms with van der Waals surface area (Å²) in [6.45, 7) is 0. The molecule has 1 fully saturated rings. The molecule has 2 rings (SSSR count). The average Bonchev–Trinajstić information content (AvgIpc) is 3.19. The number of hydrogen-bond acceptors (Lipinski definition) is 3. The molecule has 1 saturated carbocycles. The van der Waals surface area contributed by atoms with E-state index in [9.17, 15) is 22.4 Å². The number of alkyl halides is 3. The van der Waals surface area contributed by atoms with Crippen LogP contribution >= 0.6 is 0 Å². The summed E-state index contributed by atoms with van der Waals surface area (Å²) in [6, 6.07) is 1.23. The molecule has 0 amide bonds. The van der Waals surface area contributed by atoms with Crippen molar-refractivity contribution >= 4 is 11.7 Å². The summed E-state index contributed by atoms with van der Waals surface area (Å²) in [5.41, 5.74) is -1.32. The standard InChI is InChI=1S/C13H13F4NO2/c1-20-12(19)11(7-2-3-7)18-10-6-8(13(15,16)17)4-5-9(10)14/h4-7,11,18H,2-3H2,1H3. The van der Waals surface area contributed by atoms with E-state index in [-0.39, 0.29) is 11.6 Å². The van der Waals surface area contributed by atoms with Gasteiger partial charge in [-0.1, -0.05) is 0 Å². The molecule has 1 atom stereocenters. The second-order valence-electron chi connectivity index (χ2n) is 4.67. The lowest BCUT2D eigenvalue weighted by molar-refractivity contribution is -0.142. The van der Waals surface area contributed by atoms with Crippen molar-refractivity contribution < 1.29 is 27.1 Å². The van der Waals surface area contributed by atoms with Gasteiger partial charge in [0.25, 0.3) is 0 Å². The molecule has 1 unspecified atom stereocenters. The van der Waals surface area contributed by atoms with Gasteiger partial charge in [-0.25, -0.2) is 9.18 Å². The van der Waals surface area contributed by atoms with Crippen LogP contribution in [0.1, 0.15) is 18.4 Å². The lowest BCUT2D eigenvalue weighted by Crippen LogP contribution is -2.33. The van der Waals surface area contributed by atoms with Crippen molar-refractivity contribution in [3.05, 3.63) is 29.6 Å². The Labute approximate surface area is 112 Å². The predicted octanol–water partition coefficient (Wildman–Crippen LogP) is 3.21. The second-order valence-corrected chi connectivity index (χ2v) is 4.67. The van der Waals surface area contributed by atoms with E-state index in [0.717, 1.165) is 18.9 Å². The monoisotopic (exact) mass is 291 g/mol. The number of benzene rings is 1. The lowest BCUT2D eigenvalue weighted by atomic mass is 10.1. The van der Waals surface area contributed by atoms with Crippen LogP contribution in [0.4, 0.5) is 23.2 Å². The number of ether oxygens (including phenoxy) is 1. The van der Waals surface area contributed by atoms with Crippen molar-refractivity contribution in [3.8, 4) is 0 Å². The normalized spacial score (nSPS) is 16.6. The molecule has 20 heavy (non-hydrogen) atoms.